The molecule has 0 unspecified atom stereocenters. The third-order valence-corrected chi connectivity index (χ3v) is 5.92. The molecule has 1 aliphatic heterocycles. The average Bonchev–Trinajstić information content (AvgIpc) is 2.97. The molecule has 0 bridgehead atoms. The number of nitrogens with zero attached hydrogens (tertiary/aromatic N) is 1. The van der Waals surface area contributed by atoms with E-state index in [1.54, 1.807) is 37.5 Å². The van der Waals surface area contributed by atoms with Crippen molar-refractivity contribution in [3.63, 3.8) is 0 Å². The Labute approximate surface area is 182 Å². The van der Waals surface area contributed by atoms with Crippen LogP contribution in [-0.4, -0.2) is 24.4 Å². The van der Waals surface area contributed by atoms with E-state index in [1.165, 1.54) is 4.90 Å². The van der Waals surface area contributed by atoms with Gasteiger partial charge in [-0.2, -0.15) is 0 Å². The van der Waals surface area contributed by atoms with Crippen LogP contribution in [0.15, 0.2) is 47.4 Å². The zero-order valence-corrected chi connectivity index (χ0v) is 18.7. The van der Waals surface area contributed by atoms with Gasteiger partial charge in [-0.15, -0.1) is 0 Å². The molecule has 0 radical (unpaired) electrons. The van der Waals surface area contributed by atoms with Crippen LogP contribution in [-0.2, 0) is 4.79 Å². The highest BCUT2D eigenvalue weighted by Gasteiger charge is 2.36. The van der Waals surface area contributed by atoms with Crippen LogP contribution >= 0.6 is 34.4 Å². The standard InChI is InChI=1S/C21H20INO4S/c1-4-13(2)27-19-16(22)10-14(11-17(19)26-3)12-18-20(24)23(21(25)28-18)15-8-6-5-7-9-15/h5-13H,4H2,1-3H3/b18-12+/t13-/m0/s1. The Morgan fingerprint density at radius 2 is 1.93 bits per heavy atom. The number of anilines is 1. The summed E-state index contributed by atoms with van der Waals surface area (Å²) in [5.74, 6) is 0.961. The number of rotatable bonds is 6. The molecule has 0 spiro atoms. The van der Waals surface area contributed by atoms with Gasteiger partial charge in [-0.3, -0.25) is 9.59 Å². The molecule has 1 atom stereocenters. The van der Waals surface area contributed by atoms with Crippen LogP contribution in [0.1, 0.15) is 25.8 Å². The summed E-state index contributed by atoms with van der Waals surface area (Å²) in [7, 11) is 1.59. The Balaban J connectivity index is 1.92. The third-order valence-electron chi connectivity index (χ3n) is 4.25. The number of carbonyl (C=O) groups excluding carboxylic acids is 2. The molecule has 5 nitrogen and oxygen atoms in total. The summed E-state index contributed by atoms with van der Waals surface area (Å²) >= 11 is 3.12. The number of imide groups is 1. The second-order valence-corrected chi connectivity index (χ2v) is 8.38. The highest BCUT2D eigenvalue weighted by atomic mass is 127. The van der Waals surface area contributed by atoms with Crippen LogP contribution in [0.2, 0.25) is 0 Å². The van der Waals surface area contributed by atoms with Gasteiger partial charge in [0, 0.05) is 0 Å². The maximum atomic E-state index is 12.8. The number of amides is 2. The van der Waals surface area contributed by atoms with Gasteiger partial charge in [0.1, 0.15) is 0 Å². The molecule has 0 aromatic heterocycles. The lowest BCUT2D eigenvalue weighted by molar-refractivity contribution is -0.113. The van der Waals surface area contributed by atoms with Crippen LogP contribution in [0.5, 0.6) is 11.5 Å². The Morgan fingerprint density at radius 1 is 1.21 bits per heavy atom. The van der Waals surface area contributed by atoms with E-state index in [9.17, 15) is 9.59 Å². The number of hydrogen-bond acceptors (Lipinski definition) is 5. The lowest BCUT2D eigenvalue weighted by Crippen LogP contribution is -2.27. The topological polar surface area (TPSA) is 55.8 Å². The van der Waals surface area contributed by atoms with Gasteiger partial charge < -0.3 is 9.47 Å². The summed E-state index contributed by atoms with van der Waals surface area (Å²) in [6, 6.07) is 12.7. The van der Waals surface area contributed by atoms with E-state index < -0.39 is 0 Å². The van der Waals surface area contributed by atoms with E-state index in [2.05, 4.69) is 29.5 Å². The zero-order chi connectivity index (χ0) is 20.3. The Kier molecular flexibility index (Phi) is 6.66. The van der Waals surface area contributed by atoms with E-state index in [0.717, 1.165) is 27.3 Å². The molecule has 2 aromatic carbocycles. The van der Waals surface area contributed by atoms with Gasteiger partial charge in [0.05, 0.1) is 27.4 Å². The number of halogens is 1. The summed E-state index contributed by atoms with van der Waals surface area (Å²) in [4.78, 5) is 26.7. The number of para-hydroxylation sites is 1. The first-order chi connectivity index (χ1) is 13.4. The molecule has 146 valence electrons. The number of hydrogen-bond donors (Lipinski definition) is 0. The first-order valence-electron chi connectivity index (χ1n) is 8.81. The van der Waals surface area contributed by atoms with Crippen molar-refractivity contribution in [2.75, 3.05) is 12.0 Å². The molecule has 2 aromatic rings. The van der Waals surface area contributed by atoms with E-state index in [0.29, 0.717) is 22.1 Å². The van der Waals surface area contributed by atoms with Crippen molar-refractivity contribution < 1.29 is 19.1 Å². The predicted octanol–water partition coefficient (Wildman–Crippen LogP) is 5.72. The summed E-state index contributed by atoms with van der Waals surface area (Å²) in [5, 5.41) is -0.305. The molecule has 1 aliphatic rings. The van der Waals surface area contributed by atoms with Gasteiger partial charge >= 0.3 is 0 Å². The first kappa shape index (κ1) is 20.7. The van der Waals surface area contributed by atoms with Gasteiger partial charge in [0.15, 0.2) is 11.5 Å². The van der Waals surface area contributed by atoms with Crippen LogP contribution in [0.3, 0.4) is 0 Å². The van der Waals surface area contributed by atoms with Gasteiger partial charge in [-0.05, 0) is 83.6 Å². The largest absolute Gasteiger partial charge is 0.493 e. The van der Waals surface area contributed by atoms with Crippen molar-refractivity contribution in [1.82, 2.24) is 0 Å². The minimum Gasteiger partial charge on any atom is -0.493 e. The van der Waals surface area contributed by atoms with Crippen molar-refractivity contribution >= 4 is 57.3 Å². The third kappa shape index (κ3) is 4.35. The quantitative estimate of drug-likeness (QED) is 0.369. The van der Waals surface area contributed by atoms with E-state index >= 15 is 0 Å². The van der Waals surface area contributed by atoms with Crippen molar-refractivity contribution in [3.8, 4) is 11.5 Å². The average molecular weight is 509 g/mol. The number of thioether (sulfide) groups is 1. The van der Waals surface area contributed by atoms with Crippen molar-refractivity contribution in [1.29, 1.82) is 0 Å². The number of benzene rings is 2. The Hall–Kier alpha value is -2.00. The fourth-order valence-corrected chi connectivity index (χ4v) is 4.23. The van der Waals surface area contributed by atoms with Crippen molar-refractivity contribution in [2.45, 2.75) is 26.4 Å². The maximum Gasteiger partial charge on any atom is 0.298 e. The predicted molar refractivity (Wildman–Crippen MR) is 121 cm³/mol. The summed E-state index contributed by atoms with van der Waals surface area (Å²) in [5.41, 5.74) is 1.34. The van der Waals surface area contributed by atoms with Crippen LogP contribution < -0.4 is 14.4 Å². The number of carbonyl (C=O) groups is 2. The molecule has 1 fully saturated rings. The highest BCUT2D eigenvalue weighted by molar-refractivity contribution is 14.1. The van der Waals surface area contributed by atoms with E-state index in [4.69, 9.17) is 9.47 Å². The summed E-state index contributed by atoms with van der Waals surface area (Å²) in [6.45, 7) is 4.06. The lowest BCUT2D eigenvalue weighted by Gasteiger charge is -2.17. The summed E-state index contributed by atoms with van der Waals surface area (Å²) < 4.78 is 12.3. The molecule has 1 heterocycles. The van der Waals surface area contributed by atoms with E-state index in [1.807, 2.05) is 25.1 Å². The van der Waals surface area contributed by atoms with Crippen LogP contribution in [0.25, 0.3) is 6.08 Å². The van der Waals surface area contributed by atoms with Crippen molar-refractivity contribution in [2.24, 2.45) is 0 Å². The summed E-state index contributed by atoms with van der Waals surface area (Å²) in [6.07, 6.45) is 2.66. The normalized spacial score (nSPS) is 16.6. The molecular formula is C21H20INO4S. The second-order valence-electron chi connectivity index (χ2n) is 6.22. The van der Waals surface area contributed by atoms with Gasteiger partial charge in [-0.25, -0.2) is 4.90 Å². The maximum absolute atomic E-state index is 12.8. The molecule has 1 saturated heterocycles. The van der Waals surface area contributed by atoms with E-state index in [-0.39, 0.29) is 17.3 Å². The lowest BCUT2D eigenvalue weighted by atomic mass is 10.1. The van der Waals surface area contributed by atoms with Crippen LogP contribution in [0, 0.1) is 3.57 Å². The van der Waals surface area contributed by atoms with Crippen molar-refractivity contribution in [3.05, 3.63) is 56.5 Å². The van der Waals surface area contributed by atoms with Gasteiger partial charge in [0.25, 0.3) is 11.1 Å². The minimum atomic E-state index is -0.324. The SMILES string of the molecule is CC[C@H](C)Oc1c(I)cc(/C=C2/SC(=O)N(c3ccccc3)C2=O)cc1OC. The molecule has 28 heavy (non-hydrogen) atoms. The molecular weight excluding hydrogens is 489 g/mol. The Bertz CT molecular complexity index is 930. The molecule has 0 aliphatic carbocycles. The molecule has 2 amide bonds. The molecule has 0 N–H and O–H groups in total. The number of ether oxygens (including phenoxy) is 2. The molecule has 3 rings (SSSR count). The number of methoxy groups -OCH3 is 1. The highest BCUT2D eigenvalue weighted by Crippen LogP contribution is 2.39. The molecule has 7 heteroatoms. The first-order valence-corrected chi connectivity index (χ1v) is 10.7. The van der Waals surface area contributed by atoms with Gasteiger partial charge in [0.2, 0.25) is 0 Å². The monoisotopic (exact) mass is 509 g/mol. The fraction of sp³-hybridized carbons (Fsp3) is 0.238. The molecule has 0 saturated carbocycles. The zero-order valence-electron chi connectivity index (χ0n) is 15.8. The minimum absolute atomic E-state index is 0.0654. The van der Waals surface area contributed by atoms with Gasteiger partial charge in [-0.1, -0.05) is 25.1 Å². The second kappa shape index (κ2) is 9.00. The Morgan fingerprint density at radius 3 is 2.57 bits per heavy atom. The fourth-order valence-electron chi connectivity index (χ4n) is 2.64. The smallest absolute Gasteiger partial charge is 0.298 e. The van der Waals surface area contributed by atoms with Crippen LogP contribution in [0.4, 0.5) is 10.5 Å².